The third kappa shape index (κ3) is 2.18. The molecule has 0 saturated carbocycles. The van der Waals surface area contributed by atoms with Crippen LogP contribution in [0.15, 0.2) is 0 Å². The highest BCUT2D eigenvalue weighted by Crippen LogP contribution is 2.27. The van der Waals surface area contributed by atoms with Crippen LogP contribution in [0.2, 0.25) is 0 Å². The zero-order valence-electron chi connectivity index (χ0n) is 8.85. The van der Waals surface area contributed by atoms with Gasteiger partial charge in [0, 0.05) is 12.2 Å². The Bertz CT molecular complexity index is 453. The normalized spacial score (nSPS) is 15.8. The number of halogens is 4. The van der Waals surface area contributed by atoms with Crippen molar-refractivity contribution in [3.05, 3.63) is 17.2 Å². The molecule has 2 rings (SSSR count). The molecule has 0 N–H and O–H groups in total. The van der Waals surface area contributed by atoms with Crippen molar-refractivity contribution >= 4 is 17.4 Å². The molecule has 0 spiro atoms. The van der Waals surface area contributed by atoms with Crippen molar-refractivity contribution in [3.8, 4) is 0 Å². The van der Waals surface area contributed by atoms with Crippen molar-refractivity contribution in [2.45, 2.75) is 37.9 Å². The number of imidazole rings is 1. The summed E-state index contributed by atoms with van der Waals surface area (Å²) in [5.41, 5.74) is -0.109. The van der Waals surface area contributed by atoms with Gasteiger partial charge >= 0.3 is 6.18 Å². The Morgan fingerprint density at radius 3 is 2.71 bits per heavy atom. The highest BCUT2D eigenvalue weighted by atomic mass is 35.5. The molecule has 0 aromatic carbocycles. The van der Waals surface area contributed by atoms with Gasteiger partial charge in [0.25, 0.3) is 5.78 Å². The third-order valence-corrected chi connectivity index (χ3v) is 3.03. The van der Waals surface area contributed by atoms with Crippen molar-refractivity contribution in [1.82, 2.24) is 9.55 Å². The van der Waals surface area contributed by atoms with Gasteiger partial charge in [0.1, 0.15) is 11.5 Å². The molecule has 1 aromatic heterocycles. The molecule has 1 aromatic rings. The Kier molecular flexibility index (Phi) is 3.16. The van der Waals surface area contributed by atoms with Crippen LogP contribution in [0.1, 0.15) is 34.8 Å². The fraction of sp³-hybridized carbons (Fsp3) is 0.600. The molecular formula is C10H10ClF3N2O. The average molecular weight is 267 g/mol. The summed E-state index contributed by atoms with van der Waals surface area (Å²) in [5, 5.41) is 0. The molecule has 0 bridgehead atoms. The monoisotopic (exact) mass is 266 g/mol. The molecular weight excluding hydrogens is 257 g/mol. The van der Waals surface area contributed by atoms with Crippen LogP contribution < -0.4 is 0 Å². The molecule has 0 unspecified atom stereocenters. The number of alkyl halides is 4. The number of rotatable bonds is 2. The highest BCUT2D eigenvalue weighted by molar-refractivity contribution is 6.16. The first-order chi connectivity index (χ1) is 7.95. The molecule has 0 atom stereocenters. The number of ketones is 1. The van der Waals surface area contributed by atoms with E-state index in [-0.39, 0.29) is 5.88 Å². The first-order valence-electron chi connectivity index (χ1n) is 5.21. The molecule has 2 heterocycles. The average Bonchev–Trinajstić information content (AvgIpc) is 2.65. The van der Waals surface area contributed by atoms with Crippen molar-refractivity contribution in [3.63, 3.8) is 0 Å². The summed E-state index contributed by atoms with van der Waals surface area (Å²) >= 11 is 5.62. The zero-order chi connectivity index (χ0) is 12.6. The largest absolute Gasteiger partial charge is 0.456 e. The Morgan fingerprint density at radius 1 is 1.41 bits per heavy atom. The first-order valence-corrected chi connectivity index (χ1v) is 5.74. The number of hydrogen-bond donors (Lipinski definition) is 0. The predicted octanol–water partition coefficient (Wildman–Crippen LogP) is 2.70. The molecule has 94 valence electrons. The number of hydrogen-bond acceptors (Lipinski definition) is 2. The van der Waals surface area contributed by atoms with E-state index < -0.39 is 17.7 Å². The summed E-state index contributed by atoms with van der Waals surface area (Å²) in [4.78, 5) is 15.0. The molecule has 0 saturated heterocycles. The van der Waals surface area contributed by atoms with Gasteiger partial charge in [-0.1, -0.05) is 0 Å². The molecule has 0 radical (unpaired) electrons. The number of Topliss-reactive ketones (excluding diaryl/α,β-unsaturated/α-hetero) is 1. The van der Waals surface area contributed by atoms with Gasteiger partial charge in [-0.05, 0) is 19.3 Å². The molecule has 17 heavy (non-hydrogen) atoms. The fourth-order valence-electron chi connectivity index (χ4n) is 2.04. The van der Waals surface area contributed by atoms with Crippen molar-refractivity contribution in [2.75, 3.05) is 0 Å². The number of fused-ring (bicyclic) bond motifs is 1. The minimum Gasteiger partial charge on any atom is -0.330 e. The molecule has 0 aliphatic carbocycles. The van der Waals surface area contributed by atoms with Gasteiger partial charge in [0.05, 0.1) is 5.88 Å². The van der Waals surface area contributed by atoms with E-state index in [2.05, 4.69) is 4.98 Å². The van der Waals surface area contributed by atoms with E-state index in [1.165, 1.54) is 0 Å². The van der Waals surface area contributed by atoms with Crippen molar-refractivity contribution in [2.24, 2.45) is 0 Å². The van der Waals surface area contributed by atoms with Crippen LogP contribution in [-0.4, -0.2) is 21.5 Å². The van der Waals surface area contributed by atoms with E-state index in [0.29, 0.717) is 24.5 Å². The Morgan fingerprint density at radius 2 is 2.12 bits per heavy atom. The number of nitrogens with zero attached hydrogens (tertiary/aromatic N) is 2. The summed E-state index contributed by atoms with van der Waals surface area (Å²) in [6.07, 6.45) is -2.80. The lowest BCUT2D eigenvalue weighted by atomic mass is 10.1. The standard InChI is InChI=1S/C10H10ClF3N2O/c11-5-7-15-8(9(17)10(12,13)14)6-3-1-2-4-16(6)7/h1-5H2. The Balaban J connectivity index is 2.48. The number of aromatic nitrogens is 2. The van der Waals surface area contributed by atoms with Crippen molar-refractivity contribution in [1.29, 1.82) is 0 Å². The maximum atomic E-state index is 12.4. The summed E-state index contributed by atoms with van der Waals surface area (Å²) in [7, 11) is 0. The van der Waals surface area contributed by atoms with E-state index in [9.17, 15) is 18.0 Å². The smallest absolute Gasteiger partial charge is 0.330 e. The molecule has 0 fully saturated rings. The van der Waals surface area contributed by atoms with Crippen LogP contribution in [0.4, 0.5) is 13.2 Å². The van der Waals surface area contributed by atoms with Crippen LogP contribution >= 0.6 is 11.6 Å². The lowest BCUT2D eigenvalue weighted by Gasteiger charge is -2.16. The van der Waals surface area contributed by atoms with Crippen LogP contribution in [0.5, 0.6) is 0 Å². The fourth-order valence-corrected chi connectivity index (χ4v) is 2.24. The zero-order valence-corrected chi connectivity index (χ0v) is 9.61. The van der Waals surface area contributed by atoms with Gasteiger partial charge in [-0.2, -0.15) is 13.2 Å². The van der Waals surface area contributed by atoms with Gasteiger partial charge in [-0.3, -0.25) is 4.79 Å². The Hall–Kier alpha value is -1.04. The van der Waals surface area contributed by atoms with Gasteiger partial charge < -0.3 is 4.57 Å². The van der Waals surface area contributed by atoms with Crippen LogP contribution in [0, 0.1) is 0 Å². The second-order valence-electron chi connectivity index (χ2n) is 3.89. The lowest BCUT2D eigenvalue weighted by molar-refractivity contribution is -0.0888. The second kappa shape index (κ2) is 4.33. The van der Waals surface area contributed by atoms with Crippen LogP contribution in [0.25, 0.3) is 0 Å². The van der Waals surface area contributed by atoms with Crippen molar-refractivity contribution < 1.29 is 18.0 Å². The predicted molar refractivity (Wildman–Crippen MR) is 55.1 cm³/mol. The minimum absolute atomic E-state index is 0.0120. The van der Waals surface area contributed by atoms with Crippen LogP contribution in [0.3, 0.4) is 0 Å². The summed E-state index contributed by atoms with van der Waals surface area (Å²) in [6.45, 7) is 0.579. The van der Waals surface area contributed by atoms with E-state index >= 15 is 0 Å². The summed E-state index contributed by atoms with van der Waals surface area (Å²) in [6, 6.07) is 0. The van der Waals surface area contributed by atoms with E-state index in [1.54, 1.807) is 4.57 Å². The highest BCUT2D eigenvalue weighted by Gasteiger charge is 2.43. The van der Waals surface area contributed by atoms with E-state index in [0.717, 1.165) is 12.8 Å². The SMILES string of the molecule is O=C(c1nc(CCl)n2c1CCCC2)C(F)(F)F. The van der Waals surface area contributed by atoms with Gasteiger partial charge in [-0.25, -0.2) is 4.98 Å². The van der Waals surface area contributed by atoms with E-state index in [4.69, 9.17) is 11.6 Å². The van der Waals surface area contributed by atoms with Gasteiger partial charge in [0.15, 0.2) is 0 Å². The van der Waals surface area contributed by atoms with E-state index in [1.807, 2.05) is 0 Å². The summed E-state index contributed by atoms with van der Waals surface area (Å²) < 4.78 is 38.8. The second-order valence-corrected chi connectivity index (χ2v) is 4.16. The summed E-state index contributed by atoms with van der Waals surface area (Å²) in [5.74, 6) is -1.52. The first kappa shape index (κ1) is 12.4. The lowest BCUT2D eigenvalue weighted by Crippen LogP contribution is -2.25. The maximum Gasteiger partial charge on any atom is 0.456 e. The topological polar surface area (TPSA) is 34.9 Å². The third-order valence-electron chi connectivity index (χ3n) is 2.79. The number of carbonyl (C=O) groups excluding carboxylic acids is 1. The quantitative estimate of drug-likeness (QED) is 0.609. The van der Waals surface area contributed by atoms with Gasteiger partial charge in [0.2, 0.25) is 0 Å². The molecule has 1 aliphatic heterocycles. The molecule has 7 heteroatoms. The molecule has 3 nitrogen and oxygen atoms in total. The minimum atomic E-state index is -4.88. The molecule has 1 aliphatic rings. The van der Waals surface area contributed by atoms with Gasteiger partial charge in [-0.15, -0.1) is 11.6 Å². The Labute approximate surface area is 101 Å². The number of carbonyl (C=O) groups is 1. The molecule has 0 amide bonds. The van der Waals surface area contributed by atoms with Crippen LogP contribution in [-0.2, 0) is 18.8 Å². The maximum absolute atomic E-state index is 12.4.